The molecule has 0 aromatic heterocycles. The van der Waals surface area contributed by atoms with Crippen LogP contribution in [0.15, 0.2) is 36.0 Å². The first-order chi connectivity index (χ1) is 9.70. The highest BCUT2D eigenvalue weighted by molar-refractivity contribution is 5.82. The van der Waals surface area contributed by atoms with Crippen molar-refractivity contribution < 1.29 is 19.1 Å². The molecule has 0 spiro atoms. The molecule has 0 amide bonds. The lowest BCUT2D eigenvalue weighted by Gasteiger charge is -2.26. The van der Waals surface area contributed by atoms with Crippen LogP contribution in [0.2, 0.25) is 0 Å². The van der Waals surface area contributed by atoms with Gasteiger partial charge in [-0.15, -0.1) is 0 Å². The summed E-state index contributed by atoms with van der Waals surface area (Å²) < 4.78 is 10.4. The number of carbonyl (C=O) groups is 1. The first-order valence-electron chi connectivity index (χ1n) is 6.42. The summed E-state index contributed by atoms with van der Waals surface area (Å²) in [6.45, 7) is 0.557. The van der Waals surface area contributed by atoms with E-state index >= 15 is 0 Å². The maximum Gasteiger partial charge on any atom is 0.333 e. The highest BCUT2D eigenvalue weighted by Crippen LogP contribution is 2.26. The van der Waals surface area contributed by atoms with Gasteiger partial charge in [0.05, 0.1) is 26.0 Å². The minimum atomic E-state index is -0.976. The van der Waals surface area contributed by atoms with Gasteiger partial charge in [0.1, 0.15) is 5.94 Å². The molecule has 1 aliphatic heterocycles. The molecule has 1 N–H and O–H groups in total. The van der Waals surface area contributed by atoms with Crippen molar-refractivity contribution in [1.29, 1.82) is 0 Å². The van der Waals surface area contributed by atoms with Crippen molar-refractivity contribution in [3.8, 4) is 0 Å². The van der Waals surface area contributed by atoms with Crippen molar-refractivity contribution in [1.82, 2.24) is 5.32 Å². The van der Waals surface area contributed by atoms with E-state index in [2.05, 4.69) is 5.32 Å². The van der Waals surface area contributed by atoms with Gasteiger partial charge in [-0.2, -0.15) is 0 Å². The van der Waals surface area contributed by atoms with E-state index in [1.165, 1.54) is 7.11 Å². The van der Waals surface area contributed by atoms with E-state index in [4.69, 9.17) is 9.47 Å². The van der Waals surface area contributed by atoms with Crippen LogP contribution in [0.5, 0.6) is 0 Å². The Morgan fingerprint density at radius 3 is 2.75 bits per heavy atom. The number of hydrogen-bond donors (Lipinski definition) is 1. The van der Waals surface area contributed by atoms with E-state index in [1.807, 2.05) is 30.3 Å². The van der Waals surface area contributed by atoms with Crippen molar-refractivity contribution in [3.63, 3.8) is 0 Å². The molecule has 1 heterocycles. The predicted molar refractivity (Wildman–Crippen MR) is 72.4 cm³/mol. The van der Waals surface area contributed by atoms with Crippen LogP contribution >= 0.6 is 0 Å². The number of esters is 1. The number of ether oxygens (including phenoxy) is 2. The molecule has 5 nitrogen and oxygen atoms in total. The first-order valence-corrected chi connectivity index (χ1v) is 6.42. The van der Waals surface area contributed by atoms with Gasteiger partial charge < -0.3 is 14.8 Å². The highest BCUT2D eigenvalue weighted by Gasteiger charge is 2.44. The van der Waals surface area contributed by atoms with Gasteiger partial charge in [-0.05, 0) is 12.0 Å². The molecule has 1 aliphatic rings. The molecule has 0 radical (unpaired) electrons. The third kappa shape index (κ3) is 3.07. The summed E-state index contributed by atoms with van der Waals surface area (Å²) in [6, 6.07) is 9.68. The zero-order valence-electron chi connectivity index (χ0n) is 11.3. The third-order valence-electron chi connectivity index (χ3n) is 3.35. The summed E-state index contributed by atoms with van der Waals surface area (Å²) in [5.74, 6) is 1.38. The molecule has 1 aromatic carbocycles. The molecule has 0 saturated carbocycles. The first kappa shape index (κ1) is 14.3. The Bertz CT molecular complexity index is 522. The lowest BCUT2D eigenvalue weighted by atomic mass is 9.99. The summed E-state index contributed by atoms with van der Waals surface area (Å²) >= 11 is 0. The van der Waals surface area contributed by atoms with E-state index in [1.54, 1.807) is 5.94 Å². The van der Waals surface area contributed by atoms with Gasteiger partial charge in [0.25, 0.3) is 0 Å². The van der Waals surface area contributed by atoms with Crippen molar-refractivity contribution in [2.45, 2.75) is 25.0 Å². The zero-order chi connectivity index (χ0) is 14.4. The maximum atomic E-state index is 11.9. The van der Waals surface area contributed by atoms with Gasteiger partial charge in [0, 0.05) is 6.42 Å². The fourth-order valence-electron chi connectivity index (χ4n) is 2.26. The van der Waals surface area contributed by atoms with Crippen molar-refractivity contribution >= 4 is 11.9 Å². The Morgan fingerprint density at radius 1 is 1.40 bits per heavy atom. The van der Waals surface area contributed by atoms with Crippen LogP contribution < -0.4 is 5.32 Å². The van der Waals surface area contributed by atoms with Gasteiger partial charge in [-0.3, -0.25) is 0 Å². The number of benzene rings is 1. The lowest BCUT2D eigenvalue weighted by Crippen LogP contribution is -2.51. The standard InChI is InChI=1S/C15H17NO4/c1-19-14(18)15(8-7-13(9-17)16-15)11-20-10-12-5-3-2-4-6-12/h2-6,16H,7-8,10-11H2,1H3. The Morgan fingerprint density at radius 2 is 2.15 bits per heavy atom. The lowest BCUT2D eigenvalue weighted by molar-refractivity contribution is -0.150. The number of nitrogens with one attached hydrogen (secondary N) is 1. The zero-order valence-corrected chi connectivity index (χ0v) is 11.3. The topological polar surface area (TPSA) is 64.6 Å². The molecule has 1 fully saturated rings. The van der Waals surface area contributed by atoms with Crippen LogP contribution in [0.25, 0.3) is 0 Å². The normalized spacial score (nSPS) is 21.1. The molecule has 0 aliphatic carbocycles. The monoisotopic (exact) mass is 275 g/mol. The molecule has 0 bridgehead atoms. The van der Waals surface area contributed by atoms with Crippen LogP contribution in [0.1, 0.15) is 18.4 Å². The molecule has 20 heavy (non-hydrogen) atoms. The number of rotatable bonds is 5. The number of allylic oxidation sites excluding steroid dienone is 1. The van der Waals surface area contributed by atoms with E-state index in [0.717, 1.165) is 5.56 Å². The molecule has 1 unspecified atom stereocenters. The minimum Gasteiger partial charge on any atom is -0.467 e. The maximum absolute atomic E-state index is 11.9. The smallest absolute Gasteiger partial charge is 0.333 e. The van der Waals surface area contributed by atoms with Gasteiger partial charge in [-0.25, -0.2) is 9.59 Å². The molecular weight excluding hydrogens is 258 g/mol. The largest absolute Gasteiger partial charge is 0.467 e. The molecule has 5 heteroatoms. The molecule has 1 saturated heterocycles. The van der Waals surface area contributed by atoms with E-state index in [-0.39, 0.29) is 6.61 Å². The summed E-state index contributed by atoms with van der Waals surface area (Å²) in [4.78, 5) is 22.6. The minimum absolute atomic E-state index is 0.153. The highest BCUT2D eigenvalue weighted by atomic mass is 16.5. The SMILES string of the molecule is COC(=O)C1(COCc2ccccc2)CCC(=C=O)N1. The van der Waals surface area contributed by atoms with Gasteiger partial charge in [0.2, 0.25) is 0 Å². The average Bonchev–Trinajstić information content (AvgIpc) is 2.92. The van der Waals surface area contributed by atoms with Crippen LogP contribution in [0, 0.1) is 0 Å². The fraction of sp³-hybridized carbons (Fsp3) is 0.400. The average molecular weight is 275 g/mol. The van der Waals surface area contributed by atoms with Crippen LogP contribution in [-0.4, -0.2) is 31.2 Å². The van der Waals surface area contributed by atoms with E-state index < -0.39 is 11.5 Å². The Labute approximate surface area is 117 Å². The summed E-state index contributed by atoms with van der Waals surface area (Å²) in [7, 11) is 1.32. The number of methoxy groups -OCH3 is 1. The predicted octanol–water partition coefficient (Wildman–Crippen LogP) is 1.21. The van der Waals surface area contributed by atoms with Crippen LogP contribution in [0.3, 0.4) is 0 Å². The van der Waals surface area contributed by atoms with E-state index in [0.29, 0.717) is 25.1 Å². The second-order valence-electron chi connectivity index (χ2n) is 4.76. The Hall–Kier alpha value is -2.10. The third-order valence-corrected chi connectivity index (χ3v) is 3.35. The second kappa shape index (κ2) is 6.37. The summed E-state index contributed by atoms with van der Waals surface area (Å²) in [5.41, 5.74) is 0.436. The fourth-order valence-corrected chi connectivity index (χ4v) is 2.26. The number of hydrogen-bond acceptors (Lipinski definition) is 5. The molecule has 1 aromatic rings. The van der Waals surface area contributed by atoms with Gasteiger partial charge in [0.15, 0.2) is 5.54 Å². The summed E-state index contributed by atoms with van der Waals surface area (Å²) in [6.07, 6.45) is 0.951. The van der Waals surface area contributed by atoms with Crippen molar-refractivity contribution in [2.24, 2.45) is 0 Å². The van der Waals surface area contributed by atoms with Crippen LogP contribution in [0.4, 0.5) is 0 Å². The molecule has 106 valence electrons. The summed E-state index contributed by atoms with van der Waals surface area (Å²) in [5, 5.41) is 2.88. The molecular formula is C15H17NO4. The second-order valence-corrected chi connectivity index (χ2v) is 4.76. The molecule has 2 rings (SSSR count). The van der Waals surface area contributed by atoms with Gasteiger partial charge in [-0.1, -0.05) is 30.3 Å². The number of carbonyl (C=O) groups excluding carboxylic acids is 2. The Kier molecular flexibility index (Phi) is 4.56. The van der Waals surface area contributed by atoms with Crippen molar-refractivity contribution in [3.05, 3.63) is 41.6 Å². The van der Waals surface area contributed by atoms with E-state index in [9.17, 15) is 9.59 Å². The quantitative estimate of drug-likeness (QED) is 0.646. The van der Waals surface area contributed by atoms with Gasteiger partial charge >= 0.3 is 5.97 Å². The van der Waals surface area contributed by atoms with Crippen LogP contribution in [-0.2, 0) is 25.7 Å². The van der Waals surface area contributed by atoms with Crippen molar-refractivity contribution in [2.75, 3.05) is 13.7 Å². The Balaban J connectivity index is 1.99. The molecule has 1 atom stereocenters.